The first-order chi connectivity index (χ1) is 9.34. The van der Waals surface area contributed by atoms with E-state index in [0.717, 1.165) is 11.3 Å². The molecule has 0 bridgehead atoms. The molecule has 0 unspecified atom stereocenters. The van der Waals surface area contributed by atoms with Gasteiger partial charge >= 0.3 is 12.1 Å². The predicted molar refractivity (Wildman–Crippen MR) is 65.8 cm³/mol. The maximum Gasteiger partial charge on any atom is 0.437 e. The van der Waals surface area contributed by atoms with E-state index in [9.17, 15) is 18.0 Å². The van der Waals surface area contributed by atoms with Crippen LogP contribution in [0, 0.1) is 0 Å². The summed E-state index contributed by atoms with van der Waals surface area (Å²) in [6.07, 6.45) is -4.83. The quantitative estimate of drug-likeness (QED) is 0.791. The number of halogens is 4. The van der Waals surface area contributed by atoms with Crippen molar-refractivity contribution in [3.05, 3.63) is 27.9 Å². The van der Waals surface area contributed by atoms with Crippen LogP contribution < -0.4 is 0 Å². The highest BCUT2D eigenvalue weighted by atomic mass is 35.5. The van der Waals surface area contributed by atoms with Crippen LogP contribution in [0.1, 0.15) is 23.2 Å². The molecule has 0 saturated heterocycles. The van der Waals surface area contributed by atoms with Crippen molar-refractivity contribution in [3.63, 3.8) is 0 Å². The van der Waals surface area contributed by atoms with Gasteiger partial charge in [-0.1, -0.05) is 11.6 Å². The molecule has 2 aromatic rings. The molecule has 108 valence electrons. The topological polar surface area (TPSA) is 52.3 Å². The Morgan fingerprint density at radius 3 is 2.75 bits per heavy atom. The lowest BCUT2D eigenvalue weighted by Gasteiger charge is -2.03. The Morgan fingerprint density at radius 1 is 1.55 bits per heavy atom. The molecular weight excluding hydrogens is 319 g/mol. The number of carbonyl (C=O) groups is 1. The molecule has 0 spiro atoms. The first-order valence-corrected chi connectivity index (χ1v) is 6.58. The van der Waals surface area contributed by atoms with Crippen LogP contribution in [-0.4, -0.2) is 17.6 Å². The molecule has 4 nitrogen and oxygen atoms in total. The van der Waals surface area contributed by atoms with E-state index in [0.29, 0.717) is 0 Å². The van der Waals surface area contributed by atoms with Crippen molar-refractivity contribution in [2.75, 3.05) is 6.61 Å². The molecule has 0 radical (unpaired) electrons. The minimum atomic E-state index is -4.83. The summed E-state index contributed by atoms with van der Waals surface area (Å²) in [6, 6.07) is 1.49. The fourth-order valence-corrected chi connectivity index (χ4v) is 2.45. The van der Waals surface area contributed by atoms with Gasteiger partial charge in [0.25, 0.3) is 0 Å². The third kappa shape index (κ3) is 2.80. The van der Waals surface area contributed by atoms with Gasteiger partial charge in [-0.15, -0.1) is 11.3 Å². The van der Waals surface area contributed by atoms with Gasteiger partial charge in [0.05, 0.1) is 11.6 Å². The SMILES string of the molecule is CCOC(=O)c1oc(-c2sccc2Cl)nc1C(F)(F)F. The van der Waals surface area contributed by atoms with Gasteiger partial charge in [-0.05, 0) is 18.4 Å². The molecule has 0 aliphatic rings. The second-order valence-electron chi connectivity index (χ2n) is 3.51. The number of thiophene rings is 1. The largest absolute Gasteiger partial charge is 0.460 e. The number of hydrogen-bond acceptors (Lipinski definition) is 5. The molecule has 20 heavy (non-hydrogen) atoms. The van der Waals surface area contributed by atoms with Gasteiger partial charge in [-0.2, -0.15) is 13.2 Å². The first-order valence-electron chi connectivity index (χ1n) is 5.33. The van der Waals surface area contributed by atoms with E-state index in [4.69, 9.17) is 16.0 Å². The molecule has 0 aromatic carbocycles. The summed E-state index contributed by atoms with van der Waals surface area (Å²) in [6.45, 7) is 1.39. The van der Waals surface area contributed by atoms with Crippen LogP contribution in [0.3, 0.4) is 0 Å². The number of hydrogen-bond donors (Lipinski definition) is 0. The van der Waals surface area contributed by atoms with Gasteiger partial charge in [0.15, 0.2) is 5.69 Å². The summed E-state index contributed by atoms with van der Waals surface area (Å²) >= 11 is 6.86. The Balaban J connectivity index is 2.53. The van der Waals surface area contributed by atoms with Gasteiger partial charge in [0, 0.05) is 0 Å². The minimum Gasteiger partial charge on any atom is -0.460 e. The third-order valence-electron chi connectivity index (χ3n) is 2.17. The smallest absolute Gasteiger partial charge is 0.437 e. The second kappa shape index (κ2) is 5.45. The fraction of sp³-hybridized carbons (Fsp3) is 0.273. The summed E-state index contributed by atoms with van der Waals surface area (Å²) in [5.41, 5.74) is -1.42. The van der Waals surface area contributed by atoms with Crippen molar-refractivity contribution in [2.45, 2.75) is 13.1 Å². The van der Waals surface area contributed by atoms with Crippen molar-refractivity contribution in [3.8, 4) is 10.8 Å². The van der Waals surface area contributed by atoms with Crippen molar-refractivity contribution < 1.29 is 27.1 Å². The lowest BCUT2D eigenvalue weighted by Crippen LogP contribution is -2.14. The molecule has 2 heterocycles. The van der Waals surface area contributed by atoms with Crippen molar-refractivity contribution >= 4 is 28.9 Å². The van der Waals surface area contributed by atoms with E-state index in [-0.39, 0.29) is 22.4 Å². The zero-order valence-corrected chi connectivity index (χ0v) is 11.5. The summed E-state index contributed by atoms with van der Waals surface area (Å²) in [4.78, 5) is 15.0. The van der Waals surface area contributed by atoms with Crippen molar-refractivity contribution in [1.29, 1.82) is 0 Å². The minimum absolute atomic E-state index is 0.0775. The number of nitrogens with zero attached hydrogens (tertiary/aromatic N) is 1. The summed E-state index contributed by atoms with van der Waals surface area (Å²) < 4.78 is 48.0. The van der Waals surface area contributed by atoms with Crippen LogP contribution in [0.25, 0.3) is 10.8 Å². The van der Waals surface area contributed by atoms with Gasteiger partial charge in [-0.3, -0.25) is 0 Å². The van der Waals surface area contributed by atoms with Crippen LogP contribution >= 0.6 is 22.9 Å². The van der Waals surface area contributed by atoms with Crippen LogP contribution in [0.15, 0.2) is 15.9 Å². The normalized spacial score (nSPS) is 11.7. The van der Waals surface area contributed by atoms with Crippen LogP contribution in [-0.2, 0) is 10.9 Å². The second-order valence-corrected chi connectivity index (χ2v) is 4.84. The number of alkyl halides is 3. The van der Waals surface area contributed by atoms with Crippen molar-refractivity contribution in [1.82, 2.24) is 4.98 Å². The highest BCUT2D eigenvalue weighted by Crippen LogP contribution is 2.38. The van der Waals surface area contributed by atoms with Crippen molar-refractivity contribution in [2.24, 2.45) is 0 Å². The summed E-state index contributed by atoms with van der Waals surface area (Å²) in [5, 5.41) is 1.76. The van der Waals surface area contributed by atoms with E-state index in [1.165, 1.54) is 13.0 Å². The summed E-state index contributed by atoms with van der Waals surface area (Å²) in [7, 11) is 0. The van der Waals surface area contributed by atoms with Crippen LogP contribution in [0.4, 0.5) is 13.2 Å². The average Bonchev–Trinajstić information content (AvgIpc) is 2.94. The Labute approximate surface area is 120 Å². The van der Waals surface area contributed by atoms with E-state index >= 15 is 0 Å². The molecule has 0 aliphatic carbocycles. The molecule has 2 aromatic heterocycles. The highest BCUT2D eigenvalue weighted by molar-refractivity contribution is 7.14. The fourth-order valence-electron chi connectivity index (χ4n) is 1.39. The molecule has 0 fully saturated rings. The Morgan fingerprint density at radius 2 is 2.25 bits per heavy atom. The molecule has 0 atom stereocenters. The van der Waals surface area contributed by atoms with E-state index in [2.05, 4.69) is 9.72 Å². The van der Waals surface area contributed by atoms with Crippen LogP contribution in [0.5, 0.6) is 0 Å². The van der Waals surface area contributed by atoms with Gasteiger partial charge in [0.2, 0.25) is 11.7 Å². The summed E-state index contributed by atoms with van der Waals surface area (Å²) in [5.74, 6) is -2.55. The molecule has 0 saturated carbocycles. The Kier molecular flexibility index (Phi) is 4.05. The zero-order valence-electron chi connectivity index (χ0n) is 9.95. The number of carbonyl (C=O) groups excluding carboxylic acids is 1. The zero-order chi connectivity index (χ0) is 14.9. The lowest BCUT2D eigenvalue weighted by atomic mass is 10.3. The molecule has 0 N–H and O–H groups in total. The molecule has 9 heteroatoms. The number of ether oxygens (including phenoxy) is 1. The average molecular weight is 326 g/mol. The number of aromatic nitrogens is 1. The van der Waals surface area contributed by atoms with Gasteiger partial charge < -0.3 is 9.15 Å². The van der Waals surface area contributed by atoms with E-state index in [1.54, 1.807) is 5.38 Å². The van der Waals surface area contributed by atoms with E-state index in [1.807, 2.05) is 0 Å². The maximum atomic E-state index is 12.8. The predicted octanol–water partition coefficient (Wildman–Crippen LogP) is 4.25. The van der Waals surface area contributed by atoms with E-state index < -0.39 is 23.6 Å². The first kappa shape index (κ1) is 14.9. The Bertz CT molecular complexity index is 635. The molecule has 0 amide bonds. The maximum absolute atomic E-state index is 12.8. The Hall–Kier alpha value is -1.54. The number of esters is 1. The number of oxazole rings is 1. The number of rotatable bonds is 3. The lowest BCUT2D eigenvalue weighted by molar-refractivity contribution is -0.141. The third-order valence-corrected chi connectivity index (χ3v) is 3.50. The highest BCUT2D eigenvalue weighted by Gasteiger charge is 2.42. The standard InChI is InChI=1S/C11H7ClF3NO3S/c1-2-18-10(17)6-8(11(13,14)15)16-9(19-6)7-5(12)3-4-20-7/h3-4H,2H2,1H3. The molecule has 2 rings (SSSR count). The van der Waals surface area contributed by atoms with Crippen LogP contribution in [0.2, 0.25) is 5.02 Å². The molecule has 0 aliphatic heterocycles. The monoisotopic (exact) mass is 325 g/mol. The molecular formula is C11H7ClF3NO3S. The van der Waals surface area contributed by atoms with Gasteiger partial charge in [0.1, 0.15) is 4.88 Å². The van der Waals surface area contributed by atoms with Gasteiger partial charge in [-0.25, -0.2) is 9.78 Å².